The van der Waals surface area contributed by atoms with Crippen LogP contribution in [0.4, 0.5) is 5.69 Å². The van der Waals surface area contributed by atoms with Crippen molar-refractivity contribution < 1.29 is 9.53 Å². The zero-order valence-corrected chi connectivity index (χ0v) is 14.3. The van der Waals surface area contributed by atoms with Crippen molar-refractivity contribution in [2.75, 3.05) is 18.5 Å². The average Bonchev–Trinajstić information content (AvgIpc) is 2.56. The molecule has 0 saturated carbocycles. The van der Waals surface area contributed by atoms with E-state index in [9.17, 15) is 4.79 Å². The maximum absolute atomic E-state index is 11.8. The van der Waals surface area contributed by atoms with E-state index in [2.05, 4.69) is 21.9 Å². The molecule has 126 valence electrons. The predicted molar refractivity (Wildman–Crippen MR) is 97.8 cm³/mol. The molecule has 0 unspecified atom stereocenters. The number of nitrogens with zero attached hydrogens (tertiary/aromatic N) is 1. The number of ether oxygens (including phenoxy) is 1. The zero-order chi connectivity index (χ0) is 17.4. The summed E-state index contributed by atoms with van der Waals surface area (Å²) in [5.41, 5.74) is 6.69. The number of hydrazone groups is 1. The number of rotatable bonds is 7. The summed E-state index contributed by atoms with van der Waals surface area (Å²) in [6.07, 6.45) is 1.66. The van der Waals surface area contributed by atoms with E-state index in [1.54, 1.807) is 6.21 Å². The first-order valence-electron chi connectivity index (χ1n) is 7.94. The molecule has 2 aromatic carbocycles. The minimum Gasteiger partial charge on any atom is -0.494 e. The topological polar surface area (TPSA) is 62.7 Å². The number of nitrogens with one attached hydrogen (secondary N) is 2. The van der Waals surface area contributed by atoms with Gasteiger partial charge in [-0.3, -0.25) is 4.79 Å². The lowest BCUT2D eigenvalue weighted by Gasteiger charge is -2.07. The molecule has 0 aliphatic heterocycles. The van der Waals surface area contributed by atoms with Crippen LogP contribution in [0.5, 0.6) is 5.75 Å². The Morgan fingerprint density at radius 3 is 2.58 bits per heavy atom. The lowest BCUT2D eigenvalue weighted by Crippen LogP contribution is -2.25. The number of hydrogen-bond donors (Lipinski definition) is 2. The number of carbonyl (C=O) groups is 1. The number of benzene rings is 2. The van der Waals surface area contributed by atoms with Crippen LogP contribution in [0.25, 0.3) is 0 Å². The van der Waals surface area contributed by atoms with Crippen LogP contribution in [0.2, 0.25) is 0 Å². The van der Waals surface area contributed by atoms with Crippen LogP contribution in [0.15, 0.2) is 47.6 Å². The van der Waals surface area contributed by atoms with Gasteiger partial charge >= 0.3 is 0 Å². The molecule has 2 rings (SSSR count). The van der Waals surface area contributed by atoms with E-state index in [1.165, 1.54) is 5.56 Å². The summed E-state index contributed by atoms with van der Waals surface area (Å²) < 4.78 is 5.37. The molecule has 0 aliphatic carbocycles. The Hall–Kier alpha value is -2.82. The molecule has 0 radical (unpaired) electrons. The minimum atomic E-state index is -0.204. The van der Waals surface area contributed by atoms with Crippen molar-refractivity contribution >= 4 is 17.8 Å². The molecule has 0 atom stereocenters. The van der Waals surface area contributed by atoms with E-state index in [1.807, 2.05) is 57.2 Å². The standard InChI is InChI=1S/C19H23N3O2/c1-4-24-18-9-7-17(8-10-18)20-13-19(23)22-21-12-16-6-5-14(2)11-15(16)3/h5-12,20H,4,13H2,1-3H3,(H,22,23)/b21-12+. The van der Waals surface area contributed by atoms with E-state index >= 15 is 0 Å². The monoisotopic (exact) mass is 325 g/mol. The summed E-state index contributed by atoms with van der Waals surface area (Å²) in [6.45, 7) is 6.78. The fourth-order valence-corrected chi connectivity index (χ4v) is 2.20. The molecule has 5 nitrogen and oxygen atoms in total. The van der Waals surface area contributed by atoms with Gasteiger partial charge in [-0.25, -0.2) is 5.43 Å². The highest BCUT2D eigenvalue weighted by Crippen LogP contribution is 2.15. The number of aryl methyl sites for hydroxylation is 2. The Morgan fingerprint density at radius 2 is 1.92 bits per heavy atom. The van der Waals surface area contributed by atoms with Crippen LogP contribution in [0.1, 0.15) is 23.6 Å². The van der Waals surface area contributed by atoms with Gasteiger partial charge in [-0.05, 0) is 56.2 Å². The van der Waals surface area contributed by atoms with Gasteiger partial charge in [0.15, 0.2) is 0 Å². The van der Waals surface area contributed by atoms with Gasteiger partial charge in [0.25, 0.3) is 5.91 Å². The molecule has 0 saturated heterocycles. The van der Waals surface area contributed by atoms with E-state index in [0.717, 1.165) is 22.6 Å². The zero-order valence-electron chi connectivity index (χ0n) is 14.3. The fourth-order valence-electron chi connectivity index (χ4n) is 2.20. The summed E-state index contributed by atoms with van der Waals surface area (Å²) in [6, 6.07) is 13.6. The number of carbonyl (C=O) groups excluding carboxylic acids is 1. The fraction of sp³-hybridized carbons (Fsp3) is 0.263. The maximum Gasteiger partial charge on any atom is 0.259 e. The third-order valence-electron chi connectivity index (χ3n) is 3.44. The SMILES string of the molecule is CCOc1ccc(NCC(=O)N/N=C/c2ccc(C)cc2C)cc1. The Kier molecular flexibility index (Phi) is 6.37. The molecule has 5 heteroatoms. The van der Waals surface area contributed by atoms with Gasteiger partial charge in [-0.1, -0.05) is 23.8 Å². The summed E-state index contributed by atoms with van der Waals surface area (Å²) in [7, 11) is 0. The Balaban J connectivity index is 1.79. The maximum atomic E-state index is 11.8. The molecular formula is C19H23N3O2. The molecule has 0 spiro atoms. The number of amides is 1. The van der Waals surface area contributed by atoms with Gasteiger partial charge in [-0.2, -0.15) is 5.10 Å². The summed E-state index contributed by atoms with van der Waals surface area (Å²) >= 11 is 0. The van der Waals surface area contributed by atoms with Crippen molar-refractivity contribution in [1.29, 1.82) is 0 Å². The van der Waals surface area contributed by atoms with Crippen molar-refractivity contribution in [2.45, 2.75) is 20.8 Å². The Bertz CT molecular complexity index is 709. The van der Waals surface area contributed by atoms with Gasteiger partial charge in [0.05, 0.1) is 19.4 Å². The molecule has 0 aliphatic rings. The van der Waals surface area contributed by atoms with E-state index < -0.39 is 0 Å². The molecule has 2 N–H and O–H groups in total. The highest BCUT2D eigenvalue weighted by Gasteiger charge is 2.00. The molecule has 0 bridgehead atoms. The van der Waals surface area contributed by atoms with E-state index in [0.29, 0.717) is 6.61 Å². The minimum absolute atomic E-state index is 0.151. The van der Waals surface area contributed by atoms with Crippen LogP contribution in [0.3, 0.4) is 0 Å². The highest BCUT2D eigenvalue weighted by atomic mass is 16.5. The van der Waals surface area contributed by atoms with Crippen LogP contribution in [-0.4, -0.2) is 25.3 Å². The molecule has 0 fully saturated rings. The predicted octanol–water partition coefficient (Wildman–Crippen LogP) is 3.26. The molecule has 24 heavy (non-hydrogen) atoms. The molecule has 2 aromatic rings. The second-order valence-corrected chi connectivity index (χ2v) is 5.46. The van der Waals surface area contributed by atoms with Crippen LogP contribution in [0, 0.1) is 13.8 Å². The molecular weight excluding hydrogens is 302 g/mol. The lowest BCUT2D eigenvalue weighted by molar-refractivity contribution is -0.119. The van der Waals surface area contributed by atoms with Gasteiger partial charge < -0.3 is 10.1 Å². The highest BCUT2D eigenvalue weighted by molar-refractivity contribution is 5.85. The first-order chi connectivity index (χ1) is 11.6. The van der Waals surface area contributed by atoms with Crippen LogP contribution < -0.4 is 15.5 Å². The largest absolute Gasteiger partial charge is 0.494 e. The van der Waals surface area contributed by atoms with E-state index in [4.69, 9.17) is 4.74 Å². The van der Waals surface area contributed by atoms with Crippen LogP contribution >= 0.6 is 0 Å². The normalized spacial score (nSPS) is 10.6. The van der Waals surface area contributed by atoms with Gasteiger partial charge in [-0.15, -0.1) is 0 Å². The van der Waals surface area contributed by atoms with E-state index in [-0.39, 0.29) is 12.5 Å². The van der Waals surface area contributed by atoms with Gasteiger partial charge in [0.1, 0.15) is 5.75 Å². The molecule has 0 heterocycles. The smallest absolute Gasteiger partial charge is 0.259 e. The van der Waals surface area contributed by atoms with Crippen molar-refractivity contribution in [3.63, 3.8) is 0 Å². The average molecular weight is 325 g/mol. The van der Waals surface area contributed by atoms with Crippen molar-refractivity contribution in [3.05, 3.63) is 59.2 Å². The van der Waals surface area contributed by atoms with Crippen molar-refractivity contribution in [1.82, 2.24) is 5.43 Å². The second-order valence-electron chi connectivity index (χ2n) is 5.46. The summed E-state index contributed by atoms with van der Waals surface area (Å²) in [5, 5.41) is 7.04. The Morgan fingerprint density at radius 1 is 1.17 bits per heavy atom. The Labute approximate surface area is 142 Å². The van der Waals surface area contributed by atoms with Crippen molar-refractivity contribution in [2.24, 2.45) is 5.10 Å². The molecule has 1 amide bonds. The summed E-state index contributed by atoms with van der Waals surface area (Å²) in [4.78, 5) is 11.8. The van der Waals surface area contributed by atoms with Gasteiger partial charge in [0, 0.05) is 5.69 Å². The quantitative estimate of drug-likeness (QED) is 0.607. The molecule has 0 aromatic heterocycles. The van der Waals surface area contributed by atoms with Crippen molar-refractivity contribution in [3.8, 4) is 5.75 Å². The summed E-state index contributed by atoms with van der Waals surface area (Å²) in [5.74, 6) is 0.607. The number of hydrogen-bond acceptors (Lipinski definition) is 4. The lowest BCUT2D eigenvalue weighted by atomic mass is 10.1. The first kappa shape index (κ1) is 17.5. The third kappa shape index (κ3) is 5.43. The first-order valence-corrected chi connectivity index (χ1v) is 7.94. The third-order valence-corrected chi connectivity index (χ3v) is 3.44. The van der Waals surface area contributed by atoms with Gasteiger partial charge in [0.2, 0.25) is 0 Å². The number of anilines is 1. The van der Waals surface area contributed by atoms with Crippen LogP contribution in [-0.2, 0) is 4.79 Å². The second kappa shape index (κ2) is 8.72.